The van der Waals surface area contributed by atoms with E-state index in [0.717, 1.165) is 50.5 Å². The highest BCUT2D eigenvalue weighted by Gasteiger charge is 2.11. The molecule has 5 heteroatoms. The number of benzene rings is 1. The molecule has 1 aromatic carbocycles. The van der Waals surface area contributed by atoms with Crippen LogP contribution in [0.1, 0.15) is 5.56 Å². The van der Waals surface area contributed by atoms with Crippen LogP contribution in [0.2, 0.25) is 0 Å². The van der Waals surface area contributed by atoms with Gasteiger partial charge in [-0.1, -0.05) is 36.9 Å². The van der Waals surface area contributed by atoms with Crippen LogP contribution in [0.25, 0.3) is 0 Å². The van der Waals surface area contributed by atoms with Crippen LogP contribution in [0.3, 0.4) is 0 Å². The summed E-state index contributed by atoms with van der Waals surface area (Å²) in [4.78, 5) is 2.26. The number of hydrogen-bond donors (Lipinski definition) is 3. The van der Waals surface area contributed by atoms with Crippen molar-refractivity contribution in [1.82, 2.24) is 15.5 Å². The summed E-state index contributed by atoms with van der Waals surface area (Å²) in [6.07, 6.45) is 4.67. The van der Waals surface area contributed by atoms with Gasteiger partial charge in [0.05, 0.1) is 11.9 Å². The zero-order valence-electron chi connectivity index (χ0n) is 13.0. The number of nitrogens with zero attached hydrogens (tertiary/aromatic N) is 2. The summed E-state index contributed by atoms with van der Waals surface area (Å²) in [5.41, 5.74) is 3.20. The summed E-state index contributed by atoms with van der Waals surface area (Å²) in [7, 11) is 0. The maximum absolute atomic E-state index is 5.32. The number of nitrogens with one attached hydrogen (secondary N) is 2. The molecule has 2 rings (SSSR count). The second-order valence-electron chi connectivity index (χ2n) is 5.27. The summed E-state index contributed by atoms with van der Waals surface area (Å²) in [5, 5.41) is 10.3. The number of allylic oxidation sites excluding steroid dienone is 2. The zero-order valence-corrected chi connectivity index (χ0v) is 13.0. The predicted octanol–water partition coefficient (Wildman–Crippen LogP) is 1.07. The minimum Gasteiger partial charge on any atom is -0.385 e. The normalized spacial score (nSPS) is 16.0. The van der Waals surface area contributed by atoms with Crippen LogP contribution in [0.5, 0.6) is 0 Å². The molecule has 0 radical (unpaired) electrons. The third-order valence-corrected chi connectivity index (χ3v) is 3.62. The molecule has 1 saturated heterocycles. The van der Waals surface area contributed by atoms with Crippen LogP contribution in [-0.2, 0) is 6.42 Å². The minimum atomic E-state index is 0.855. The molecular formula is C17H25N5. The van der Waals surface area contributed by atoms with Crippen molar-refractivity contribution >= 4 is 6.21 Å². The Balaban J connectivity index is 1.86. The van der Waals surface area contributed by atoms with E-state index in [1.807, 2.05) is 12.1 Å². The van der Waals surface area contributed by atoms with E-state index in [2.05, 4.69) is 51.5 Å². The van der Waals surface area contributed by atoms with E-state index in [1.165, 1.54) is 5.56 Å². The lowest BCUT2D eigenvalue weighted by atomic mass is 10.1. The van der Waals surface area contributed by atoms with Gasteiger partial charge in [0.15, 0.2) is 0 Å². The van der Waals surface area contributed by atoms with Gasteiger partial charge in [0.25, 0.3) is 0 Å². The molecule has 1 heterocycles. The van der Waals surface area contributed by atoms with Gasteiger partial charge >= 0.3 is 0 Å². The summed E-state index contributed by atoms with van der Waals surface area (Å²) < 4.78 is 0. The Hall–Kier alpha value is -2.27. The van der Waals surface area contributed by atoms with Gasteiger partial charge in [-0.15, -0.1) is 0 Å². The standard InChI is InChI=1S/C17H25N5/c1-15(20-8-7-16-5-3-2-4-6-16)13-17(14-21-18)22-11-9-19-10-12-22/h2-6,13-14,19-20H,1,7-12,18H2/b17-13+,21-14-. The fraction of sp³-hybridized carbons (Fsp3) is 0.353. The molecule has 1 aliphatic rings. The molecular weight excluding hydrogens is 274 g/mol. The molecule has 0 unspecified atom stereocenters. The Bertz CT molecular complexity index is 515. The summed E-state index contributed by atoms with van der Waals surface area (Å²) in [5.74, 6) is 5.32. The average Bonchev–Trinajstić information content (AvgIpc) is 2.56. The van der Waals surface area contributed by atoms with Crippen LogP contribution in [0.4, 0.5) is 0 Å². The lowest BCUT2D eigenvalue weighted by Crippen LogP contribution is -2.43. The van der Waals surface area contributed by atoms with E-state index >= 15 is 0 Å². The van der Waals surface area contributed by atoms with Crippen LogP contribution in [0, 0.1) is 0 Å². The van der Waals surface area contributed by atoms with E-state index in [4.69, 9.17) is 5.84 Å². The van der Waals surface area contributed by atoms with E-state index in [-0.39, 0.29) is 0 Å². The number of hydrogen-bond acceptors (Lipinski definition) is 5. The van der Waals surface area contributed by atoms with Crippen LogP contribution in [0.15, 0.2) is 59.5 Å². The molecule has 0 atom stereocenters. The summed E-state index contributed by atoms with van der Waals surface area (Å²) >= 11 is 0. The maximum Gasteiger partial charge on any atom is 0.0700 e. The largest absolute Gasteiger partial charge is 0.385 e. The Morgan fingerprint density at radius 3 is 2.73 bits per heavy atom. The van der Waals surface area contributed by atoms with Crippen molar-refractivity contribution < 1.29 is 0 Å². The number of nitrogens with two attached hydrogens (primary N) is 1. The molecule has 1 fully saturated rings. The molecule has 118 valence electrons. The first-order valence-corrected chi connectivity index (χ1v) is 7.67. The Kier molecular flexibility index (Phi) is 6.51. The topological polar surface area (TPSA) is 65.7 Å². The second kappa shape index (κ2) is 8.89. The highest BCUT2D eigenvalue weighted by molar-refractivity contribution is 5.78. The molecule has 4 N–H and O–H groups in total. The fourth-order valence-corrected chi connectivity index (χ4v) is 2.45. The molecule has 0 amide bonds. The van der Waals surface area contributed by atoms with Crippen LogP contribution < -0.4 is 16.5 Å². The SMILES string of the molecule is C=C(/C=C(\C=N/N)N1CCNCC1)NCCc1ccccc1. The van der Waals surface area contributed by atoms with Gasteiger partial charge in [-0.05, 0) is 18.1 Å². The molecule has 1 aliphatic heterocycles. The zero-order chi connectivity index (χ0) is 15.6. The lowest BCUT2D eigenvalue weighted by Gasteiger charge is -2.30. The highest BCUT2D eigenvalue weighted by atomic mass is 15.2. The molecule has 1 aromatic rings. The first-order chi connectivity index (χ1) is 10.8. The van der Waals surface area contributed by atoms with Crippen molar-refractivity contribution in [3.63, 3.8) is 0 Å². The highest BCUT2D eigenvalue weighted by Crippen LogP contribution is 2.06. The van der Waals surface area contributed by atoms with Crippen molar-refractivity contribution in [3.05, 3.63) is 59.9 Å². The first-order valence-electron chi connectivity index (χ1n) is 7.67. The van der Waals surface area contributed by atoms with Gasteiger partial charge in [-0.3, -0.25) is 0 Å². The summed E-state index contributed by atoms with van der Waals surface area (Å²) in [6.45, 7) is 8.78. The van der Waals surface area contributed by atoms with Gasteiger partial charge in [0, 0.05) is 38.4 Å². The fourth-order valence-electron chi connectivity index (χ4n) is 2.45. The number of rotatable bonds is 7. The molecule has 5 nitrogen and oxygen atoms in total. The van der Waals surface area contributed by atoms with E-state index in [0.29, 0.717) is 0 Å². The monoisotopic (exact) mass is 299 g/mol. The van der Waals surface area contributed by atoms with Crippen LogP contribution in [-0.4, -0.2) is 43.8 Å². The third kappa shape index (κ3) is 5.26. The van der Waals surface area contributed by atoms with Gasteiger partial charge in [0.2, 0.25) is 0 Å². The van der Waals surface area contributed by atoms with E-state index in [1.54, 1.807) is 6.21 Å². The Labute approximate surface area is 132 Å². The van der Waals surface area contributed by atoms with E-state index < -0.39 is 0 Å². The lowest BCUT2D eigenvalue weighted by molar-refractivity contribution is 0.313. The quantitative estimate of drug-likeness (QED) is 0.305. The van der Waals surface area contributed by atoms with Gasteiger partial charge in [-0.25, -0.2) is 0 Å². The Morgan fingerprint density at radius 1 is 1.32 bits per heavy atom. The predicted molar refractivity (Wildman–Crippen MR) is 92.5 cm³/mol. The summed E-state index contributed by atoms with van der Waals surface area (Å²) in [6, 6.07) is 10.4. The van der Waals surface area contributed by atoms with Crippen molar-refractivity contribution in [1.29, 1.82) is 0 Å². The van der Waals surface area contributed by atoms with Gasteiger partial charge in [-0.2, -0.15) is 5.10 Å². The number of hydrazone groups is 1. The third-order valence-electron chi connectivity index (χ3n) is 3.62. The second-order valence-corrected chi connectivity index (χ2v) is 5.27. The van der Waals surface area contributed by atoms with Crippen molar-refractivity contribution in [2.75, 3.05) is 32.7 Å². The first kappa shape index (κ1) is 16.1. The van der Waals surface area contributed by atoms with Crippen molar-refractivity contribution in [3.8, 4) is 0 Å². The Morgan fingerprint density at radius 2 is 2.05 bits per heavy atom. The minimum absolute atomic E-state index is 0.855. The van der Waals surface area contributed by atoms with Crippen molar-refractivity contribution in [2.45, 2.75) is 6.42 Å². The molecule has 0 aromatic heterocycles. The van der Waals surface area contributed by atoms with Gasteiger partial charge in [0.1, 0.15) is 0 Å². The molecule has 0 spiro atoms. The smallest absolute Gasteiger partial charge is 0.0700 e. The molecule has 0 bridgehead atoms. The molecule has 0 saturated carbocycles. The average molecular weight is 299 g/mol. The van der Waals surface area contributed by atoms with Crippen molar-refractivity contribution in [2.24, 2.45) is 10.9 Å². The molecule has 22 heavy (non-hydrogen) atoms. The van der Waals surface area contributed by atoms with Crippen LogP contribution >= 0.6 is 0 Å². The molecule has 0 aliphatic carbocycles. The maximum atomic E-state index is 5.32. The van der Waals surface area contributed by atoms with E-state index in [9.17, 15) is 0 Å². The number of piperazine rings is 1. The van der Waals surface area contributed by atoms with Gasteiger partial charge < -0.3 is 21.4 Å².